The maximum Gasteiger partial charge on any atom is 0.218 e. The second-order valence-corrected chi connectivity index (χ2v) is 5.35. The number of hydrogen-bond acceptors (Lipinski definition) is 5. The van der Waals surface area contributed by atoms with Crippen molar-refractivity contribution >= 4 is 5.82 Å². The van der Waals surface area contributed by atoms with Gasteiger partial charge in [-0.25, -0.2) is 4.98 Å². The van der Waals surface area contributed by atoms with E-state index >= 15 is 0 Å². The van der Waals surface area contributed by atoms with Crippen LogP contribution in [0.4, 0.5) is 5.82 Å². The van der Waals surface area contributed by atoms with Crippen LogP contribution in [0.5, 0.6) is 5.88 Å². The number of nitrogens with one attached hydrogen (secondary N) is 1. The standard InChI is InChI=1S/C13H23N3O2/c1-13(2,3)6-7-18-12-8-10(14-4)15-11(16-12)9-17-5/h8H,6-7,9H2,1-5H3,(H,14,15,16). The van der Waals surface area contributed by atoms with Gasteiger partial charge in [-0.3, -0.25) is 0 Å². The van der Waals surface area contributed by atoms with E-state index < -0.39 is 0 Å². The molecule has 0 atom stereocenters. The number of hydrogen-bond donors (Lipinski definition) is 1. The fourth-order valence-corrected chi connectivity index (χ4v) is 1.33. The maximum absolute atomic E-state index is 5.66. The van der Waals surface area contributed by atoms with Gasteiger partial charge in [0.25, 0.3) is 0 Å². The summed E-state index contributed by atoms with van der Waals surface area (Å²) in [5.41, 5.74) is 0.258. The molecular weight excluding hydrogens is 230 g/mol. The molecule has 1 N–H and O–H groups in total. The highest BCUT2D eigenvalue weighted by Crippen LogP contribution is 2.20. The van der Waals surface area contributed by atoms with Gasteiger partial charge in [0.1, 0.15) is 12.4 Å². The Morgan fingerprint density at radius 3 is 2.56 bits per heavy atom. The minimum absolute atomic E-state index is 0.258. The Bertz CT molecular complexity index is 375. The molecule has 1 aromatic heterocycles. The summed E-state index contributed by atoms with van der Waals surface area (Å²) in [6.07, 6.45) is 0.978. The number of ether oxygens (including phenoxy) is 2. The van der Waals surface area contributed by atoms with Crippen LogP contribution in [0, 0.1) is 5.41 Å². The van der Waals surface area contributed by atoms with Crippen LogP contribution in [0.3, 0.4) is 0 Å². The summed E-state index contributed by atoms with van der Waals surface area (Å²) in [5.74, 6) is 1.95. The average molecular weight is 253 g/mol. The fourth-order valence-electron chi connectivity index (χ4n) is 1.33. The Kier molecular flexibility index (Phi) is 5.34. The van der Waals surface area contributed by atoms with Crippen LogP contribution < -0.4 is 10.1 Å². The number of anilines is 1. The van der Waals surface area contributed by atoms with Gasteiger partial charge in [-0.15, -0.1) is 0 Å². The molecule has 0 fully saturated rings. The molecule has 0 aliphatic rings. The quantitative estimate of drug-likeness (QED) is 0.844. The van der Waals surface area contributed by atoms with Crippen LogP contribution in [-0.4, -0.2) is 30.7 Å². The maximum atomic E-state index is 5.66. The van der Waals surface area contributed by atoms with Crippen molar-refractivity contribution < 1.29 is 9.47 Å². The zero-order valence-corrected chi connectivity index (χ0v) is 11.9. The van der Waals surface area contributed by atoms with Crippen molar-refractivity contribution in [2.45, 2.75) is 33.8 Å². The summed E-state index contributed by atoms with van der Waals surface area (Å²) >= 11 is 0. The van der Waals surface area contributed by atoms with E-state index in [9.17, 15) is 0 Å². The monoisotopic (exact) mass is 253 g/mol. The summed E-state index contributed by atoms with van der Waals surface area (Å²) < 4.78 is 10.7. The van der Waals surface area contributed by atoms with Crippen molar-refractivity contribution in [3.05, 3.63) is 11.9 Å². The predicted octanol–water partition coefficient (Wildman–Crippen LogP) is 2.48. The zero-order chi connectivity index (χ0) is 13.6. The predicted molar refractivity (Wildman–Crippen MR) is 71.9 cm³/mol. The second-order valence-electron chi connectivity index (χ2n) is 5.35. The first-order valence-corrected chi connectivity index (χ1v) is 6.12. The highest BCUT2D eigenvalue weighted by atomic mass is 16.5. The third kappa shape index (κ3) is 5.31. The minimum Gasteiger partial charge on any atom is -0.478 e. The molecule has 5 nitrogen and oxygen atoms in total. The van der Waals surface area contributed by atoms with Crippen LogP contribution in [0.25, 0.3) is 0 Å². The molecule has 0 saturated heterocycles. The first-order valence-electron chi connectivity index (χ1n) is 6.12. The summed E-state index contributed by atoms with van der Waals surface area (Å²) in [6, 6.07) is 1.79. The topological polar surface area (TPSA) is 56.3 Å². The van der Waals surface area contributed by atoms with Gasteiger partial charge in [-0.1, -0.05) is 20.8 Å². The van der Waals surface area contributed by atoms with E-state index in [1.54, 1.807) is 13.2 Å². The van der Waals surface area contributed by atoms with E-state index in [0.717, 1.165) is 12.2 Å². The van der Waals surface area contributed by atoms with Crippen molar-refractivity contribution in [2.75, 3.05) is 26.1 Å². The molecule has 0 unspecified atom stereocenters. The van der Waals surface area contributed by atoms with E-state index in [1.165, 1.54) is 0 Å². The van der Waals surface area contributed by atoms with Crippen LogP contribution in [0.2, 0.25) is 0 Å². The van der Waals surface area contributed by atoms with Gasteiger partial charge >= 0.3 is 0 Å². The molecule has 0 aromatic carbocycles. The van der Waals surface area contributed by atoms with Crippen LogP contribution in [-0.2, 0) is 11.3 Å². The van der Waals surface area contributed by atoms with Crippen molar-refractivity contribution in [2.24, 2.45) is 5.41 Å². The van der Waals surface area contributed by atoms with Gasteiger partial charge in [-0.2, -0.15) is 4.98 Å². The second kappa shape index (κ2) is 6.54. The first kappa shape index (κ1) is 14.7. The normalized spacial score (nSPS) is 11.4. The molecule has 1 rings (SSSR count). The average Bonchev–Trinajstić information content (AvgIpc) is 2.27. The zero-order valence-electron chi connectivity index (χ0n) is 11.9. The Morgan fingerprint density at radius 1 is 1.28 bits per heavy atom. The third-order valence-electron chi connectivity index (χ3n) is 2.38. The molecule has 0 saturated carbocycles. The summed E-state index contributed by atoms with van der Waals surface area (Å²) in [7, 11) is 3.44. The lowest BCUT2D eigenvalue weighted by atomic mass is 9.93. The molecule has 1 heterocycles. The van der Waals surface area contributed by atoms with E-state index in [0.29, 0.717) is 24.9 Å². The molecule has 0 aliphatic heterocycles. The minimum atomic E-state index is 0.258. The Labute approximate surface area is 109 Å². The highest BCUT2D eigenvalue weighted by Gasteiger charge is 2.11. The molecule has 1 aromatic rings. The lowest BCUT2D eigenvalue weighted by molar-refractivity contribution is 0.175. The van der Waals surface area contributed by atoms with E-state index in [2.05, 4.69) is 36.1 Å². The number of methoxy groups -OCH3 is 1. The van der Waals surface area contributed by atoms with Crippen LogP contribution in [0.1, 0.15) is 33.0 Å². The third-order valence-corrected chi connectivity index (χ3v) is 2.38. The lowest BCUT2D eigenvalue weighted by Crippen LogP contribution is -2.12. The molecule has 102 valence electrons. The molecule has 0 bridgehead atoms. The summed E-state index contributed by atoms with van der Waals surface area (Å²) in [6.45, 7) is 7.59. The van der Waals surface area contributed by atoms with Crippen LogP contribution >= 0.6 is 0 Å². The smallest absolute Gasteiger partial charge is 0.218 e. The number of nitrogens with zero attached hydrogens (tertiary/aromatic N) is 2. The Morgan fingerprint density at radius 2 is 2.00 bits per heavy atom. The molecule has 0 radical (unpaired) electrons. The summed E-state index contributed by atoms with van der Waals surface area (Å²) in [5, 5.41) is 2.99. The Balaban J connectivity index is 2.66. The SMILES string of the molecule is CNc1cc(OCCC(C)(C)C)nc(COC)n1. The van der Waals surface area contributed by atoms with Crippen molar-refractivity contribution in [3.8, 4) is 5.88 Å². The first-order chi connectivity index (χ1) is 8.44. The lowest BCUT2D eigenvalue weighted by Gasteiger charge is -2.18. The fraction of sp³-hybridized carbons (Fsp3) is 0.692. The van der Waals surface area contributed by atoms with Gasteiger partial charge in [0.2, 0.25) is 5.88 Å². The molecule has 0 amide bonds. The van der Waals surface area contributed by atoms with E-state index in [1.807, 2.05) is 7.05 Å². The highest BCUT2D eigenvalue weighted by molar-refractivity contribution is 5.37. The van der Waals surface area contributed by atoms with Crippen LogP contribution in [0.15, 0.2) is 6.07 Å². The van der Waals surface area contributed by atoms with Crippen molar-refractivity contribution in [1.29, 1.82) is 0 Å². The largest absolute Gasteiger partial charge is 0.478 e. The Hall–Kier alpha value is -1.36. The number of aromatic nitrogens is 2. The molecule has 18 heavy (non-hydrogen) atoms. The molecule has 5 heteroatoms. The van der Waals surface area contributed by atoms with E-state index in [-0.39, 0.29) is 5.41 Å². The van der Waals surface area contributed by atoms with E-state index in [4.69, 9.17) is 9.47 Å². The molecular formula is C13H23N3O2. The van der Waals surface area contributed by atoms with Gasteiger partial charge in [0, 0.05) is 20.2 Å². The van der Waals surface area contributed by atoms with Gasteiger partial charge in [0.15, 0.2) is 5.82 Å². The van der Waals surface area contributed by atoms with Gasteiger partial charge < -0.3 is 14.8 Å². The molecule has 0 spiro atoms. The van der Waals surface area contributed by atoms with Crippen molar-refractivity contribution in [3.63, 3.8) is 0 Å². The molecule has 0 aliphatic carbocycles. The van der Waals surface area contributed by atoms with Gasteiger partial charge in [0.05, 0.1) is 6.61 Å². The number of rotatable bonds is 6. The van der Waals surface area contributed by atoms with Gasteiger partial charge in [-0.05, 0) is 11.8 Å². The summed E-state index contributed by atoms with van der Waals surface area (Å²) in [4.78, 5) is 8.56. The van der Waals surface area contributed by atoms with Crippen molar-refractivity contribution in [1.82, 2.24) is 9.97 Å².